The minimum Gasteiger partial charge on any atom is -0.480 e. The standard InChI is InChI=1S/C27H32F3N7O3/c1-3-17-4-5-18(20(12-17)37-9-6-16(2)35-37)23(27(28,29)30)40-22-13-21(33-25(31)34-22)36-10-7-26(8-11-36)14-19(24(38)39)32-15-26/h4-6,9,12-13,19,23,32H,3,7-8,10-11,14-15H2,1-2H3,(H,38,39)(H2,31,33,34)/t19-,23+/m0/s1. The van der Waals surface area contributed by atoms with Gasteiger partial charge in [0.1, 0.15) is 11.9 Å². The molecule has 2 saturated heterocycles. The second kappa shape index (κ2) is 10.6. The van der Waals surface area contributed by atoms with Crippen molar-refractivity contribution < 1.29 is 27.8 Å². The van der Waals surface area contributed by atoms with Crippen molar-refractivity contribution in [2.75, 3.05) is 30.3 Å². The van der Waals surface area contributed by atoms with Crippen molar-refractivity contribution in [1.82, 2.24) is 25.1 Å². The number of aromatic nitrogens is 4. The Labute approximate surface area is 229 Å². The van der Waals surface area contributed by atoms with Gasteiger partial charge in [0.25, 0.3) is 0 Å². The van der Waals surface area contributed by atoms with Gasteiger partial charge in [-0.05, 0) is 55.7 Å². The highest BCUT2D eigenvalue weighted by molar-refractivity contribution is 5.74. The Morgan fingerprint density at radius 2 is 2.00 bits per heavy atom. The zero-order valence-corrected chi connectivity index (χ0v) is 22.3. The summed E-state index contributed by atoms with van der Waals surface area (Å²) >= 11 is 0. The molecule has 0 unspecified atom stereocenters. The number of nitrogen functional groups attached to an aromatic ring is 1. The number of halogens is 3. The lowest BCUT2D eigenvalue weighted by atomic mass is 9.76. The van der Waals surface area contributed by atoms with Crippen LogP contribution in [0.15, 0.2) is 36.5 Å². The van der Waals surface area contributed by atoms with E-state index in [-0.39, 0.29) is 28.5 Å². The molecule has 0 radical (unpaired) electrons. The molecule has 0 aliphatic carbocycles. The number of aryl methyl sites for hydroxylation is 2. The number of anilines is 2. The summed E-state index contributed by atoms with van der Waals surface area (Å²) < 4.78 is 50.5. The lowest BCUT2D eigenvalue weighted by molar-refractivity contribution is -0.198. The molecule has 4 heterocycles. The van der Waals surface area contributed by atoms with E-state index in [0.717, 1.165) is 5.56 Å². The van der Waals surface area contributed by atoms with Crippen molar-refractivity contribution >= 4 is 17.7 Å². The predicted molar refractivity (Wildman–Crippen MR) is 141 cm³/mol. The average Bonchev–Trinajstić information content (AvgIpc) is 3.53. The third-order valence-corrected chi connectivity index (χ3v) is 7.80. The number of hydrogen-bond donors (Lipinski definition) is 3. The van der Waals surface area contributed by atoms with Crippen LogP contribution in [0.3, 0.4) is 0 Å². The Morgan fingerprint density at radius 3 is 2.60 bits per heavy atom. The quantitative estimate of drug-likeness (QED) is 0.395. The molecule has 5 rings (SSSR count). The largest absolute Gasteiger partial charge is 0.480 e. The number of carboxylic acid groups (broad SMARTS) is 1. The van der Waals surface area contributed by atoms with Crippen molar-refractivity contribution in [3.05, 3.63) is 53.3 Å². The topological polar surface area (TPSA) is 131 Å². The number of nitrogens with two attached hydrogens (primary N) is 1. The molecule has 0 amide bonds. The lowest BCUT2D eigenvalue weighted by Crippen LogP contribution is -2.41. The summed E-state index contributed by atoms with van der Waals surface area (Å²) in [5, 5.41) is 16.7. The average molecular weight is 560 g/mol. The normalized spacial score (nSPS) is 19.6. The van der Waals surface area contributed by atoms with E-state index >= 15 is 0 Å². The van der Waals surface area contributed by atoms with E-state index in [1.165, 1.54) is 16.8 Å². The van der Waals surface area contributed by atoms with E-state index in [1.54, 1.807) is 31.3 Å². The molecular formula is C27H32F3N7O3. The first-order valence-corrected chi connectivity index (χ1v) is 13.2. The van der Waals surface area contributed by atoms with E-state index in [2.05, 4.69) is 20.4 Å². The molecular weight excluding hydrogens is 527 g/mol. The minimum absolute atomic E-state index is 0.104. The van der Waals surface area contributed by atoms with Crippen LogP contribution in [0, 0.1) is 12.3 Å². The van der Waals surface area contributed by atoms with Crippen molar-refractivity contribution in [2.45, 2.75) is 57.9 Å². The number of piperidine rings is 1. The van der Waals surface area contributed by atoms with Crippen LogP contribution in [0.25, 0.3) is 5.69 Å². The van der Waals surface area contributed by atoms with E-state index in [9.17, 15) is 23.1 Å². The second-order valence-electron chi connectivity index (χ2n) is 10.6. The minimum atomic E-state index is -4.77. The molecule has 1 spiro atoms. The molecule has 3 aromatic rings. The molecule has 1 aromatic carbocycles. The van der Waals surface area contributed by atoms with Crippen LogP contribution in [-0.2, 0) is 11.2 Å². The van der Waals surface area contributed by atoms with Crippen LogP contribution in [0.1, 0.15) is 49.1 Å². The van der Waals surface area contributed by atoms with Gasteiger partial charge in [-0.15, -0.1) is 0 Å². The zero-order chi connectivity index (χ0) is 28.7. The summed E-state index contributed by atoms with van der Waals surface area (Å²) in [6.07, 6.45) is -2.87. The third-order valence-electron chi connectivity index (χ3n) is 7.80. The smallest absolute Gasteiger partial charge is 0.429 e. The molecule has 2 fully saturated rings. The molecule has 0 saturated carbocycles. The summed E-state index contributed by atoms with van der Waals surface area (Å²) in [6, 6.07) is 7.27. The van der Waals surface area contributed by atoms with Crippen LogP contribution in [0.4, 0.5) is 24.9 Å². The van der Waals surface area contributed by atoms with Gasteiger partial charge in [-0.1, -0.05) is 19.1 Å². The zero-order valence-electron chi connectivity index (χ0n) is 22.3. The van der Waals surface area contributed by atoms with Gasteiger partial charge < -0.3 is 25.8 Å². The van der Waals surface area contributed by atoms with Crippen molar-refractivity contribution in [1.29, 1.82) is 0 Å². The molecule has 0 bridgehead atoms. The lowest BCUT2D eigenvalue weighted by Gasteiger charge is -2.39. The molecule has 10 nitrogen and oxygen atoms in total. The highest BCUT2D eigenvalue weighted by atomic mass is 19.4. The Balaban J connectivity index is 1.41. The molecule has 2 aliphatic heterocycles. The van der Waals surface area contributed by atoms with Gasteiger partial charge in [0, 0.05) is 37.5 Å². The van der Waals surface area contributed by atoms with E-state index in [1.807, 2.05) is 11.8 Å². The summed E-state index contributed by atoms with van der Waals surface area (Å²) in [6.45, 7) is 5.40. The Bertz CT molecular complexity index is 1390. The predicted octanol–water partition coefficient (Wildman–Crippen LogP) is 3.83. The summed E-state index contributed by atoms with van der Waals surface area (Å²) in [7, 11) is 0. The molecule has 4 N–H and O–H groups in total. The fourth-order valence-corrected chi connectivity index (χ4v) is 5.54. The first-order chi connectivity index (χ1) is 19.0. The summed E-state index contributed by atoms with van der Waals surface area (Å²) in [5.74, 6) is -0.991. The number of ether oxygens (including phenoxy) is 1. The maximum Gasteiger partial charge on any atom is 0.429 e. The van der Waals surface area contributed by atoms with Gasteiger partial charge in [0.2, 0.25) is 17.9 Å². The highest BCUT2D eigenvalue weighted by Gasteiger charge is 2.46. The van der Waals surface area contributed by atoms with Crippen molar-refractivity contribution in [3.63, 3.8) is 0 Å². The van der Waals surface area contributed by atoms with Crippen molar-refractivity contribution in [2.24, 2.45) is 5.41 Å². The molecule has 40 heavy (non-hydrogen) atoms. The number of alkyl halides is 3. The summed E-state index contributed by atoms with van der Waals surface area (Å²) in [5.41, 5.74) is 7.47. The second-order valence-corrected chi connectivity index (χ2v) is 10.6. The van der Waals surface area contributed by atoms with Crippen LogP contribution in [0.5, 0.6) is 5.88 Å². The number of carboxylic acids is 1. The Kier molecular flexibility index (Phi) is 7.34. The van der Waals surface area contributed by atoms with E-state index in [4.69, 9.17) is 10.5 Å². The fourth-order valence-electron chi connectivity index (χ4n) is 5.54. The first kappa shape index (κ1) is 27.7. The molecule has 2 atom stereocenters. The Hall–Kier alpha value is -3.87. The molecule has 13 heteroatoms. The molecule has 2 aliphatic rings. The van der Waals surface area contributed by atoms with E-state index < -0.39 is 24.3 Å². The fraction of sp³-hybridized carbons (Fsp3) is 0.481. The maximum absolute atomic E-state index is 14.5. The van der Waals surface area contributed by atoms with Gasteiger partial charge in [-0.3, -0.25) is 4.79 Å². The SMILES string of the molecule is CCc1ccc([C@@H](Oc2cc(N3CCC4(CC3)CN[C@H](C(=O)O)C4)nc(N)n2)C(F)(F)F)c(-n2ccc(C)n2)c1. The van der Waals surface area contributed by atoms with Gasteiger partial charge >= 0.3 is 12.1 Å². The number of benzene rings is 1. The third kappa shape index (κ3) is 5.69. The van der Waals surface area contributed by atoms with Gasteiger partial charge in [-0.2, -0.15) is 28.2 Å². The monoisotopic (exact) mass is 559 g/mol. The number of nitrogens with zero attached hydrogens (tertiary/aromatic N) is 5. The van der Waals surface area contributed by atoms with Gasteiger partial charge in [-0.25, -0.2) is 4.68 Å². The number of nitrogens with one attached hydrogen (secondary N) is 1. The number of aliphatic carboxylic acids is 1. The maximum atomic E-state index is 14.5. The Morgan fingerprint density at radius 1 is 1.25 bits per heavy atom. The number of hydrogen-bond acceptors (Lipinski definition) is 8. The van der Waals surface area contributed by atoms with Gasteiger partial charge in [0.15, 0.2) is 0 Å². The van der Waals surface area contributed by atoms with Crippen LogP contribution in [0.2, 0.25) is 0 Å². The number of rotatable bonds is 7. The van der Waals surface area contributed by atoms with Gasteiger partial charge in [0.05, 0.1) is 11.4 Å². The summed E-state index contributed by atoms with van der Waals surface area (Å²) in [4.78, 5) is 21.5. The highest BCUT2D eigenvalue weighted by Crippen LogP contribution is 2.42. The van der Waals surface area contributed by atoms with Crippen LogP contribution < -0.4 is 20.7 Å². The van der Waals surface area contributed by atoms with Crippen molar-refractivity contribution in [3.8, 4) is 11.6 Å². The molecule has 214 valence electrons. The van der Waals surface area contributed by atoms with E-state index in [0.29, 0.717) is 56.8 Å². The first-order valence-electron chi connectivity index (χ1n) is 13.2. The molecule has 2 aromatic heterocycles. The number of carbonyl (C=O) groups is 1. The van der Waals surface area contributed by atoms with Crippen LogP contribution in [-0.4, -0.2) is 62.7 Å². The van der Waals surface area contributed by atoms with Crippen LogP contribution >= 0.6 is 0 Å².